The molecule has 0 unspecified atom stereocenters. The smallest absolute Gasteiger partial charge is 0.151 e. The number of benzene rings is 7. The molecule has 0 radical (unpaired) electrons. The lowest BCUT2D eigenvalue weighted by atomic mass is 9.87. The van der Waals surface area contributed by atoms with E-state index < -0.39 is 0 Å². The van der Waals surface area contributed by atoms with Crippen molar-refractivity contribution < 1.29 is 4.74 Å². The van der Waals surface area contributed by atoms with Crippen molar-refractivity contribution in [1.29, 1.82) is 0 Å². The molecule has 9 rings (SSSR count). The Morgan fingerprint density at radius 2 is 1.20 bits per heavy atom. The summed E-state index contributed by atoms with van der Waals surface area (Å²) < 4.78 is 8.78. The molecule has 7 aromatic carbocycles. The summed E-state index contributed by atoms with van der Waals surface area (Å²) in [5, 5.41) is 4.80. The summed E-state index contributed by atoms with van der Waals surface area (Å²) >= 11 is 0. The Balaban J connectivity index is 1.27. The van der Waals surface area contributed by atoms with Crippen LogP contribution < -0.4 is 15.1 Å². The number of fused-ring (bicyclic) bond motifs is 8. The lowest BCUT2D eigenvalue weighted by Gasteiger charge is -2.33. The van der Waals surface area contributed by atoms with E-state index >= 15 is 0 Å². The molecule has 0 aliphatic carbocycles. The lowest BCUT2D eigenvalue weighted by molar-refractivity contribution is 0.477. The summed E-state index contributed by atoms with van der Waals surface area (Å²) in [5.41, 5.74) is 11.1. The fraction of sp³-hybridized carbons (Fsp3) is 0.114. The maximum atomic E-state index is 6.43. The second-order valence-electron chi connectivity index (χ2n) is 14.3. The zero-order valence-corrected chi connectivity index (χ0v) is 28.5. The number of aryl methyl sites for hydroxylation is 1. The fourth-order valence-corrected chi connectivity index (χ4v) is 7.32. The van der Waals surface area contributed by atoms with Gasteiger partial charge in [-0.2, -0.15) is 0 Å². The van der Waals surface area contributed by atoms with E-state index in [1.165, 1.54) is 32.7 Å². The molecule has 8 aromatic rings. The molecular formula is C44H36BN3O. The van der Waals surface area contributed by atoms with E-state index in [0.29, 0.717) is 0 Å². The zero-order valence-electron chi connectivity index (χ0n) is 28.5. The molecule has 0 bridgehead atoms. The van der Waals surface area contributed by atoms with Crippen molar-refractivity contribution in [2.24, 2.45) is 0 Å². The highest BCUT2D eigenvalue weighted by Crippen LogP contribution is 2.50. The van der Waals surface area contributed by atoms with Crippen LogP contribution >= 0.6 is 0 Å². The number of rotatable bonds is 3. The van der Waals surface area contributed by atoms with Gasteiger partial charge < -0.3 is 9.64 Å². The fourth-order valence-electron chi connectivity index (χ4n) is 7.32. The highest BCUT2D eigenvalue weighted by molar-refractivity contribution is 6.32. The Morgan fingerprint density at radius 3 is 1.90 bits per heavy atom. The van der Waals surface area contributed by atoms with Crippen molar-refractivity contribution in [1.82, 2.24) is 9.55 Å². The van der Waals surface area contributed by atoms with Crippen LogP contribution in [0.3, 0.4) is 0 Å². The molecule has 1 aromatic heterocycles. The predicted molar refractivity (Wildman–Crippen MR) is 208 cm³/mol. The largest absolute Gasteiger partial charge is 0.453 e. The van der Waals surface area contributed by atoms with Gasteiger partial charge in [0.1, 0.15) is 13.7 Å². The first-order valence-electron chi connectivity index (χ1n) is 17.0. The van der Waals surface area contributed by atoms with Crippen molar-refractivity contribution >= 4 is 62.9 Å². The van der Waals surface area contributed by atoms with E-state index in [1.807, 2.05) is 0 Å². The number of anilines is 3. The van der Waals surface area contributed by atoms with Crippen LogP contribution in [0.5, 0.6) is 11.5 Å². The van der Waals surface area contributed by atoms with Gasteiger partial charge in [0, 0.05) is 27.7 Å². The molecule has 5 heteroatoms. The normalized spacial score (nSPS) is 12.7. The van der Waals surface area contributed by atoms with E-state index in [1.54, 1.807) is 0 Å². The molecule has 0 N–H and O–H groups in total. The van der Waals surface area contributed by atoms with Gasteiger partial charge in [0.05, 0.1) is 22.4 Å². The molecule has 0 fully saturated rings. The lowest BCUT2D eigenvalue weighted by Crippen LogP contribution is -2.17. The zero-order chi connectivity index (χ0) is 33.4. The highest BCUT2D eigenvalue weighted by atomic mass is 16.5. The van der Waals surface area contributed by atoms with E-state index in [-0.39, 0.29) is 5.41 Å². The van der Waals surface area contributed by atoms with Crippen LogP contribution in [0.15, 0.2) is 133 Å². The van der Waals surface area contributed by atoms with Crippen LogP contribution in [-0.2, 0) is 5.41 Å². The van der Waals surface area contributed by atoms with Gasteiger partial charge in [0.2, 0.25) is 0 Å². The number of aromatic nitrogens is 2. The molecule has 4 nitrogen and oxygen atoms in total. The maximum Gasteiger partial charge on any atom is 0.151 e. The van der Waals surface area contributed by atoms with E-state index in [4.69, 9.17) is 9.72 Å². The minimum Gasteiger partial charge on any atom is -0.453 e. The number of ether oxygens (including phenoxy) is 1. The average molecular weight is 634 g/mol. The molecule has 0 saturated carbocycles. The summed E-state index contributed by atoms with van der Waals surface area (Å²) in [7, 11) is 2.10. The molecule has 0 spiro atoms. The van der Waals surface area contributed by atoms with Gasteiger partial charge in [-0.25, -0.2) is 4.98 Å². The Bertz CT molecular complexity index is 2530. The average Bonchev–Trinajstić information content (AvgIpc) is 3.52. The third-order valence-electron chi connectivity index (χ3n) is 9.84. The Hall–Kier alpha value is -5.81. The van der Waals surface area contributed by atoms with Crippen LogP contribution in [0.1, 0.15) is 31.9 Å². The SMILES string of the molecule is Bc1ccc2c(c1)Oc1cc(C)ccc1N2c1ccc(-c2nc3c4ccccc4c4ccccc4c3n2-c2ccc(C(C)(C)C)cc2)cc1. The van der Waals surface area contributed by atoms with Gasteiger partial charge in [0.25, 0.3) is 0 Å². The highest BCUT2D eigenvalue weighted by Gasteiger charge is 2.27. The Labute approximate surface area is 287 Å². The van der Waals surface area contributed by atoms with Crippen LogP contribution in [0, 0.1) is 6.92 Å². The van der Waals surface area contributed by atoms with Crippen LogP contribution in [0.2, 0.25) is 0 Å². The van der Waals surface area contributed by atoms with Crippen molar-refractivity contribution in [3.63, 3.8) is 0 Å². The van der Waals surface area contributed by atoms with Crippen molar-refractivity contribution in [3.8, 4) is 28.6 Å². The van der Waals surface area contributed by atoms with Crippen LogP contribution in [0.25, 0.3) is 49.7 Å². The van der Waals surface area contributed by atoms with Crippen molar-refractivity contribution in [2.75, 3.05) is 4.90 Å². The summed E-state index contributed by atoms with van der Waals surface area (Å²) in [5.74, 6) is 2.64. The molecule has 49 heavy (non-hydrogen) atoms. The van der Waals surface area contributed by atoms with Crippen molar-refractivity contribution in [3.05, 3.63) is 145 Å². The summed E-state index contributed by atoms with van der Waals surface area (Å²) in [4.78, 5) is 7.77. The molecule has 1 aliphatic rings. The van der Waals surface area contributed by atoms with Crippen molar-refractivity contribution in [2.45, 2.75) is 33.1 Å². The number of nitrogens with zero attached hydrogens (tertiary/aromatic N) is 3. The third kappa shape index (κ3) is 4.72. The minimum atomic E-state index is 0.0607. The van der Waals surface area contributed by atoms with Gasteiger partial charge in [-0.3, -0.25) is 4.57 Å². The minimum absolute atomic E-state index is 0.0607. The Morgan fingerprint density at radius 1 is 0.612 bits per heavy atom. The monoisotopic (exact) mass is 633 g/mol. The molecule has 2 heterocycles. The maximum absolute atomic E-state index is 6.43. The van der Waals surface area contributed by atoms with Gasteiger partial charge in [-0.05, 0) is 94.9 Å². The first-order valence-corrected chi connectivity index (χ1v) is 17.0. The van der Waals surface area contributed by atoms with Gasteiger partial charge >= 0.3 is 0 Å². The van der Waals surface area contributed by atoms with Gasteiger partial charge in [-0.15, -0.1) is 0 Å². The van der Waals surface area contributed by atoms with Crippen LogP contribution in [-0.4, -0.2) is 17.4 Å². The van der Waals surface area contributed by atoms with E-state index in [9.17, 15) is 0 Å². The molecule has 0 amide bonds. The van der Waals surface area contributed by atoms with Crippen LogP contribution in [0.4, 0.5) is 17.1 Å². The van der Waals surface area contributed by atoms with E-state index in [2.05, 4.69) is 178 Å². The Kier molecular flexibility index (Phi) is 6.50. The summed E-state index contributed by atoms with van der Waals surface area (Å²) in [6, 6.07) is 48.0. The molecule has 0 atom stereocenters. The summed E-state index contributed by atoms with van der Waals surface area (Å²) in [6.45, 7) is 8.88. The standard InChI is InChI=1S/C44H36BN3O/c1-27-13-23-37-39(25-27)49-40-26-30(45)18-24-38(40)47(37)31-19-14-28(15-20-31)43-46-41-35-11-7-5-9-33(35)34-10-6-8-12-36(34)42(41)48(43)32-21-16-29(17-22-32)44(2,3)4/h5-26H,45H2,1-4H3. The molecule has 236 valence electrons. The topological polar surface area (TPSA) is 30.3 Å². The summed E-state index contributed by atoms with van der Waals surface area (Å²) in [6.07, 6.45) is 0. The quantitative estimate of drug-likeness (QED) is 0.143. The number of hydrogen-bond donors (Lipinski definition) is 0. The third-order valence-corrected chi connectivity index (χ3v) is 9.84. The molecular weight excluding hydrogens is 597 g/mol. The number of hydrogen-bond acceptors (Lipinski definition) is 3. The molecule has 0 saturated heterocycles. The first-order chi connectivity index (χ1) is 23.7. The van der Waals surface area contributed by atoms with Gasteiger partial charge in [0.15, 0.2) is 11.5 Å². The second kappa shape index (κ2) is 10.9. The number of imidazole rings is 1. The second-order valence-corrected chi connectivity index (χ2v) is 14.3. The predicted octanol–water partition coefficient (Wildman–Crippen LogP) is 10.4. The first kappa shape index (κ1) is 29.3. The van der Waals surface area contributed by atoms with Gasteiger partial charge in [-0.1, -0.05) is 99.0 Å². The van der Waals surface area contributed by atoms with E-state index in [0.717, 1.165) is 62.1 Å². The molecule has 1 aliphatic heterocycles.